The number of anilines is 2. The number of aliphatic hydroxyl groups excluding tert-OH is 1. The van der Waals surface area contributed by atoms with Crippen LogP contribution in [0.2, 0.25) is 0 Å². The van der Waals surface area contributed by atoms with Crippen LogP contribution in [-0.4, -0.2) is 26.9 Å². The average Bonchev–Trinajstić information content (AvgIpc) is 2.52. The lowest BCUT2D eigenvalue weighted by Crippen LogP contribution is -2.13. The Labute approximate surface area is 140 Å². The van der Waals surface area contributed by atoms with Gasteiger partial charge in [-0.3, -0.25) is 4.98 Å². The van der Waals surface area contributed by atoms with Crippen molar-refractivity contribution in [2.45, 2.75) is 26.9 Å². The Morgan fingerprint density at radius 3 is 2.50 bits per heavy atom. The Morgan fingerprint density at radius 2 is 1.92 bits per heavy atom. The topological polar surface area (TPSA) is 117 Å². The molecule has 1 heterocycles. The molecule has 0 amide bonds. The maximum Gasteiger partial charge on any atom is 0.234 e. The van der Waals surface area contributed by atoms with Crippen molar-refractivity contribution in [3.63, 3.8) is 0 Å². The van der Waals surface area contributed by atoms with Gasteiger partial charge in [0.15, 0.2) is 5.82 Å². The van der Waals surface area contributed by atoms with Crippen molar-refractivity contribution in [1.29, 1.82) is 5.41 Å². The second-order valence-electron chi connectivity index (χ2n) is 5.50. The second kappa shape index (κ2) is 7.45. The van der Waals surface area contributed by atoms with Gasteiger partial charge in [-0.15, -0.1) is 0 Å². The average molecular weight is 327 g/mol. The van der Waals surface area contributed by atoms with Gasteiger partial charge in [-0.25, -0.2) is 0 Å². The standard InChI is InChI=1S/C17H21N5O2/c1-10(2)24-15-9-20-8-14(21-15)22-16(11(3)18)17(23)12-4-6-13(19)7-5-12/h4-10,18,23H,19H2,1-3H3,(H,21,22)/b17-16+,18-11?. The van der Waals surface area contributed by atoms with E-state index in [0.29, 0.717) is 22.9 Å². The van der Waals surface area contributed by atoms with E-state index >= 15 is 0 Å². The van der Waals surface area contributed by atoms with Crippen LogP contribution in [0.4, 0.5) is 11.5 Å². The van der Waals surface area contributed by atoms with Crippen LogP contribution in [0.3, 0.4) is 0 Å². The van der Waals surface area contributed by atoms with Gasteiger partial charge in [-0.2, -0.15) is 4.98 Å². The lowest BCUT2D eigenvalue weighted by Gasteiger charge is -2.14. The Hall–Kier alpha value is -3.09. The van der Waals surface area contributed by atoms with Crippen molar-refractivity contribution in [3.05, 3.63) is 47.9 Å². The molecule has 24 heavy (non-hydrogen) atoms. The minimum absolute atomic E-state index is 0.0304. The van der Waals surface area contributed by atoms with Gasteiger partial charge in [0.1, 0.15) is 11.5 Å². The van der Waals surface area contributed by atoms with Gasteiger partial charge in [-0.05, 0) is 45.0 Å². The van der Waals surface area contributed by atoms with Crippen molar-refractivity contribution in [3.8, 4) is 5.88 Å². The van der Waals surface area contributed by atoms with Crippen LogP contribution in [0.15, 0.2) is 42.4 Å². The molecule has 0 aliphatic rings. The molecule has 0 aliphatic heterocycles. The number of nitrogens with one attached hydrogen (secondary N) is 2. The number of nitrogen functional groups attached to an aromatic ring is 1. The number of hydrogen-bond acceptors (Lipinski definition) is 7. The molecule has 0 unspecified atom stereocenters. The summed E-state index contributed by atoms with van der Waals surface area (Å²) >= 11 is 0. The molecular formula is C17H21N5O2. The molecule has 2 rings (SSSR count). The fraction of sp³-hybridized carbons (Fsp3) is 0.235. The number of benzene rings is 1. The van der Waals surface area contributed by atoms with Crippen LogP contribution >= 0.6 is 0 Å². The highest BCUT2D eigenvalue weighted by molar-refractivity contribution is 6.04. The number of ether oxygens (including phenoxy) is 1. The van der Waals surface area contributed by atoms with Crippen LogP contribution < -0.4 is 15.8 Å². The van der Waals surface area contributed by atoms with Crippen molar-refractivity contribution >= 4 is 23.0 Å². The predicted octanol–water partition coefficient (Wildman–Crippen LogP) is 3.22. The summed E-state index contributed by atoms with van der Waals surface area (Å²) in [5.41, 5.74) is 7.18. The minimum atomic E-state index is -0.0699. The molecule has 126 valence electrons. The summed E-state index contributed by atoms with van der Waals surface area (Å²) in [7, 11) is 0. The maximum atomic E-state index is 10.5. The van der Waals surface area contributed by atoms with E-state index in [1.165, 1.54) is 12.4 Å². The third-order valence-corrected chi connectivity index (χ3v) is 3.02. The lowest BCUT2D eigenvalue weighted by molar-refractivity contribution is 0.232. The molecule has 0 fully saturated rings. The maximum absolute atomic E-state index is 10.5. The molecule has 2 aromatic rings. The van der Waals surface area contributed by atoms with Crippen molar-refractivity contribution in [1.82, 2.24) is 9.97 Å². The summed E-state index contributed by atoms with van der Waals surface area (Å²) in [6.45, 7) is 5.35. The van der Waals surface area contributed by atoms with Gasteiger partial charge in [0.2, 0.25) is 5.88 Å². The molecular weight excluding hydrogens is 306 g/mol. The first-order chi connectivity index (χ1) is 11.4. The number of rotatable bonds is 6. The predicted molar refractivity (Wildman–Crippen MR) is 95.2 cm³/mol. The zero-order valence-electron chi connectivity index (χ0n) is 13.9. The van der Waals surface area contributed by atoms with E-state index in [-0.39, 0.29) is 23.3 Å². The van der Waals surface area contributed by atoms with E-state index in [2.05, 4.69) is 15.3 Å². The van der Waals surface area contributed by atoms with E-state index in [1.807, 2.05) is 13.8 Å². The summed E-state index contributed by atoms with van der Waals surface area (Å²) in [5.74, 6) is 0.667. The summed E-state index contributed by atoms with van der Waals surface area (Å²) in [5, 5.41) is 21.3. The molecule has 5 N–H and O–H groups in total. The number of nitrogens with two attached hydrogens (primary N) is 1. The molecule has 1 aromatic carbocycles. The van der Waals surface area contributed by atoms with E-state index < -0.39 is 0 Å². The van der Waals surface area contributed by atoms with Gasteiger partial charge in [-0.1, -0.05) is 0 Å². The summed E-state index contributed by atoms with van der Waals surface area (Å²) < 4.78 is 5.50. The number of hydrogen-bond donors (Lipinski definition) is 4. The second-order valence-corrected chi connectivity index (χ2v) is 5.50. The zero-order chi connectivity index (χ0) is 17.7. The van der Waals surface area contributed by atoms with Crippen LogP contribution in [0.1, 0.15) is 26.3 Å². The number of allylic oxidation sites excluding steroid dienone is 1. The van der Waals surface area contributed by atoms with Gasteiger partial charge in [0, 0.05) is 11.3 Å². The third-order valence-electron chi connectivity index (χ3n) is 3.02. The first-order valence-electron chi connectivity index (χ1n) is 7.47. The minimum Gasteiger partial charge on any atom is -0.505 e. The molecule has 0 bridgehead atoms. The Morgan fingerprint density at radius 1 is 1.25 bits per heavy atom. The largest absolute Gasteiger partial charge is 0.505 e. The van der Waals surface area contributed by atoms with E-state index in [0.717, 1.165) is 0 Å². The fourth-order valence-electron chi connectivity index (χ4n) is 1.95. The molecule has 7 heteroatoms. The molecule has 0 spiro atoms. The van der Waals surface area contributed by atoms with Crippen molar-refractivity contribution < 1.29 is 9.84 Å². The quantitative estimate of drug-likeness (QED) is 0.367. The smallest absolute Gasteiger partial charge is 0.234 e. The van der Waals surface area contributed by atoms with Gasteiger partial charge < -0.3 is 26.3 Å². The van der Waals surface area contributed by atoms with Crippen molar-refractivity contribution in [2.75, 3.05) is 11.1 Å². The van der Waals surface area contributed by atoms with Crippen LogP contribution in [0.25, 0.3) is 5.76 Å². The van der Waals surface area contributed by atoms with Gasteiger partial charge in [0.05, 0.1) is 24.2 Å². The Bertz CT molecular complexity index is 754. The zero-order valence-corrected chi connectivity index (χ0v) is 13.9. The lowest BCUT2D eigenvalue weighted by atomic mass is 10.1. The van der Waals surface area contributed by atoms with Crippen molar-refractivity contribution in [2.24, 2.45) is 0 Å². The van der Waals surface area contributed by atoms with E-state index in [9.17, 15) is 5.11 Å². The Balaban J connectivity index is 2.33. The highest BCUT2D eigenvalue weighted by Crippen LogP contribution is 2.20. The Kier molecular flexibility index (Phi) is 5.36. The molecule has 1 aromatic heterocycles. The highest BCUT2D eigenvalue weighted by Gasteiger charge is 2.12. The summed E-state index contributed by atoms with van der Waals surface area (Å²) in [6, 6.07) is 6.72. The highest BCUT2D eigenvalue weighted by atomic mass is 16.5. The van der Waals surface area contributed by atoms with Gasteiger partial charge in [0.25, 0.3) is 0 Å². The van der Waals surface area contributed by atoms with Crippen LogP contribution in [0, 0.1) is 5.41 Å². The number of nitrogens with zero attached hydrogens (tertiary/aromatic N) is 2. The molecule has 0 atom stereocenters. The molecule has 0 aliphatic carbocycles. The van der Waals surface area contributed by atoms with Crippen LogP contribution in [0.5, 0.6) is 5.88 Å². The summed E-state index contributed by atoms with van der Waals surface area (Å²) in [6.07, 6.45) is 2.97. The SMILES string of the molecule is CC(=N)/C(Nc1cncc(OC(C)C)n1)=C(\O)c1ccc(N)cc1. The van der Waals surface area contributed by atoms with Gasteiger partial charge >= 0.3 is 0 Å². The molecule has 0 saturated carbocycles. The summed E-state index contributed by atoms with van der Waals surface area (Å²) in [4.78, 5) is 8.32. The normalized spacial score (nSPS) is 11.8. The number of aromatic nitrogens is 2. The first-order valence-corrected chi connectivity index (χ1v) is 7.47. The monoisotopic (exact) mass is 327 g/mol. The third kappa shape index (κ3) is 4.45. The molecule has 7 nitrogen and oxygen atoms in total. The van der Waals surface area contributed by atoms with E-state index in [4.69, 9.17) is 15.9 Å². The van der Waals surface area contributed by atoms with E-state index in [1.54, 1.807) is 31.2 Å². The molecule has 0 saturated heterocycles. The first kappa shape index (κ1) is 17.3. The molecule has 0 radical (unpaired) electrons. The van der Waals surface area contributed by atoms with Crippen LogP contribution in [-0.2, 0) is 0 Å². The fourth-order valence-corrected chi connectivity index (χ4v) is 1.95. The number of aliphatic hydroxyl groups is 1.